The van der Waals surface area contributed by atoms with Gasteiger partial charge in [0.2, 0.25) is 5.91 Å². The molecule has 2 rings (SSSR count). The standard InChI is InChI=1S/C14H15FN2OS/c1-9-13(6-7-16-10(2)18)19-14(17-9)11-4-3-5-12(15)8-11/h3-5,8H,6-7H2,1-2H3,(H,16,18). The van der Waals surface area contributed by atoms with Gasteiger partial charge >= 0.3 is 0 Å². The second-order valence-electron chi connectivity index (χ2n) is 4.27. The fourth-order valence-electron chi connectivity index (χ4n) is 1.76. The predicted octanol–water partition coefficient (Wildman–Crippen LogP) is 2.94. The highest BCUT2D eigenvalue weighted by atomic mass is 32.1. The molecule has 1 aromatic carbocycles. The molecule has 1 heterocycles. The molecule has 1 amide bonds. The lowest BCUT2D eigenvalue weighted by Gasteiger charge is -1.99. The van der Waals surface area contributed by atoms with E-state index in [0.717, 1.165) is 27.6 Å². The van der Waals surface area contributed by atoms with Gasteiger partial charge in [0.15, 0.2) is 0 Å². The van der Waals surface area contributed by atoms with Gasteiger partial charge in [0, 0.05) is 30.3 Å². The number of amides is 1. The first-order valence-electron chi connectivity index (χ1n) is 6.03. The van der Waals surface area contributed by atoms with Crippen LogP contribution < -0.4 is 5.32 Å². The topological polar surface area (TPSA) is 42.0 Å². The Morgan fingerprint density at radius 1 is 1.47 bits per heavy atom. The number of halogens is 1. The minimum Gasteiger partial charge on any atom is -0.356 e. The number of aryl methyl sites for hydroxylation is 1. The molecule has 1 N–H and O–H groups in total. The fourth-order valence-corrected chi connectivity index (χ4v) is 2.82. The molecule has 2 aromatic rings. The van der Waals surface area contributed by atoms with E-state index in [-0.39, 0.29) is 11.7 Å². The minimum atomic E-state index is -0.259. The number of aromatic nitrogens is 1. The van der Waals surface area contributed by atoms with Gasteiger partial charge in [-0.3, -0.25) is 4.79 Å². The van der Waals surface area contributed by atoms with E-state index in [0.29, 0.717) is 6.54 Å². The maximum atomic E-state index is 13.2. The van der Waals surface area contributed by atoms with Crippen molar-refractivity contribution in [2.75, 3.05) is 6.54 Å². The van der Waals surface area contributed by atoms with Gasteiger partial charge < -0.3 is 5.32 Å². The van der Waals surface area contributed by atoms with Crippen LogP contribution in [-0.4, -0.2) is 17.4 Å². The Bertz CT molecular complexity index is 595. The Morgan fingerprint density at radius 2 is 2.26 bits per heavy atom. The van der Waals surface area contributed by atoms with E-state index in [2.05, 4.69) is 10.3 Å². The van der Waals surface area contributed by atoms with Crippen molar-refractivity contribution in [3.05, 3.63) is 40.7 Å². The molecule has 0 aliphatic rings. The fraction of sp³-hybridized carbons (Fsp3) is 0.286. The number of hydrogen-bond acceptors (Lipinski definition) is 3. The maximum absolute atomic E-state index is 13.2. The largest absolute Gasteiger partial charge is 0.356 e. The zero-order valence-corrected chi connectivity index (χ0v) is 11.7. The highest BCUT2D eigenvalue weighted by molar-refractivity contribution is 7.15. The number of rotatable bonds is 4. The molecule has 100 valence electrons. The normalized spacial score (nSPS) is 10.5. The molecule has 19 heavy (non-hydrogen) atoms. The third-order valence-corrected chi connectivity index (χ3v) is 3.96. The van der Waals surface area contributed by atoms with Crippen LogP contribution in [0.4, 0.5) is 4.39 Å². The van der Waals surface area contributed by atoms with Crippen molar-refractivity contribution in [1.82, 2.24) is 10.3 Å². The molecule has 0 saturated heterocycles. The SMILES string of the molecule is CC(=O)NCCc1sc(-c2cccc(F)c2)nc1C. The van der Waals surface area contributed by atoms with E-state index >= 15 is 0 Å². The van der Waals surface area contributed by atoms with E-state index in [1.165, 1.54) is 19.1 Å². The molecule has 0 radical (unpaired) electrons. The van der Waals surface area contributed by atoms with E-state index in [1.54, 1.807) is 17.4 Å². The number of carbonyl (C=O) groups is 1. The van der Waals surface area contributed by atoms with Crippen LogP contribution in [0.15, 0.2) is 24.3 Å². The Hall–Kier alpha value is -1.75. The molecule has 3 nitrogen and oxygen atoms in total. The first kappa shape index (κ1) is 13.7. The molecule has 0 unspecified atom stereocenters. The summed E-state index contributed by atoms with van der Waals surface area (Å²) in [6, 6.07) is 6.43. The summed E-state index contributed by atoms with van der Waals surface area (Å²) in [5.41, 5.74) is 1.73. The summed E-state index contributed by atoms with van der Waals surface area (Å²) >= 11 is 1.54. The molecule has 1 aromatic heterocycles. The average molecular weight is 278 g/mol. The van der Waals surface area contributed by atoms with Crippen LogP contribution in [0.25, 0.3) is 10.6 Å². The average Bonchev–Trinajstić information content (AvgIpc) is 2.71. The summed E-state index contributed by atoms with van der Waals surface area (Å²) in [5, 5.41) is 3.57. The summed E-state index contributed by atoms with van der Waals surface area (Å²) in [6.45, 7) is 4.03. The number of benzene rings is 1. The van der Waals surface area contributed by atoms with Crippen LogP contribution in [0.1, 0.15) is 17.5 Å². The summed E-state index contributed by atoms with van der Waals surface area (Å²) in [6.07, 6.45) is 0.748. The van der Waals surface area contributed by atoms with Gasteiger partial charge in [0.05, 0.1) is 5.69 Å². The van der Waals surface area contributed by atoms with Gasteiger partial charge in [-0.2, -0.15) is 0 Å². The van der Waals surface area contributed by atoms with E-state index in [4.69, 9.17) is 0 Å². The minimum absolute atomic E-state index is 0.0347. The Kier molecular flexibility index (Phi) is 4.27. The zero-order chi connectivity index (χ0) is 13.8. The number of hydrogen-bond donors (Lipinski definition) is 1. The Labute approximate surface area is 115 Å². The van der Waals surface area contributed by atoms with Crippen LogP contribution in [0, 0.1) is 12.7 Å². The van der Waals surface area contributed by atoms with Crippen molar-refractivity contribution in [1.29, 1.82) is 0 Å². The highest BCUT2D eigenvalue weighted by Gasteiger charge is 2.09. The van der Waals surface area contributed by atoms with Crippen LogP contribution in [0.3, 0.4) is 0 Å². The lowest BCUT2D eigenvalue weighted by atomic mass is 10.2. The molecular formula is C14H15FN2OS. The van der Waals surface area contributed by atoms with Crippen molar-refractivity contribution in [2.24, 2.45) is 0 Å². The number of nitrogens with zero attached hydrogens (tertiary/aromatic N) is 1. The monoisotopic (exact) mass is 278 g/mol. The number of carbonyl (C=O) groups excluding carboxylic acids is 1. The maximum Gasteiger partial charge on any atom is 0.216 e. The van der Waals surface area contributed by atoms with Gasteiger partial charge in [-0.1, -0.05) is 12.1 Å². The molecule has 0 aliphatic heterocycles. The van der Waals surface area contributed by atoms with Gasteiger partial charge in [0.25, 0.3) is 0 Å². The van der Waals surface area contributed by atoms with Gasteiger partial charge in [0.1, 0.15) is 10.8 Å². The van der Waals surface area contributed by atoms with Crippen LogP contribution in [0.2, 0.25) is 0 Å². The second-order valence-corrected chi connectivity index (χ2v) is 5.35. The van der Waals surface area contributed by atoms with Crippen molar-refractivity contribution < 1.29 is 9.18 Å². The quantitative estimate of drug-likeness (QED) is 0.934. The second kappa shape index (κ2) is 5.93. The Morgan fingerprint density at radius 3 is 2.95 bits per heavy atom. The van der Waals surface area contributed by atoms with Crippen molar-refractivity contribution in [3.63, 3.8) is 0 Å². The molecule has 0 saturated carbocycles. The van der Waals surface area contributed by atoms with Crippen LogP contribution >= 0.6 is 11.3 Å². The van der Waals surface area contributed by atoms with Gasteiger partial charge in [-0.25, -0.2) is 9.37 Å². The van der Waals surface area contributed by atoms with Crippen molar-refractivity contribution in [3.8, 4) is 10.6 Å². The predicted molar refractivity (Wildman–Crippen MR) is 74.6 cm³/mol. The summed E-state index contributed by atoms with van der Waals surface area (Å²) in [4.78, 5) is 16.4. The molecule has 0 bridgehead atoms. The lowest BCUT2D eigenvalue weighted by Crippen LogP contribution is -2.22. The third-order valence-electron chi connectivity index (χ3n) is 2.69. The summed E-state index contributed by atoms with van der Waals surface area (Å²) < 4.78 is 13.2. The smallest absolute Gasteiger partial charge is 0.216 e. The Balaban J connectivity index is 2.14. The van der Waals surface area contributed by atoms with Gasteiger partial charge in [-0.15, -0.1) is 11.3 Å². The molecule has 0 aliphatic carbocycles. The van der Waals surface area contributed by atoms with Crippen LogP contribution in [-0.2, 0) is 11.2 Å². The first-order valence-corrected chi connectivity index (χ1v) is 6.84. The van der Waals surface area contributed by atoms with Crippen molar-refractivity contribution in [2.45, 2.75) is 20.3 Å². The number of nitrogens with one attached hydrogen (secondary N) is 1. The van der Waals surface area contributed by atoms with Gasteiger partial charge in [-0.05, 0) is 19.1 Å². The zero-order valence-electron chi connectivity index (χ0n) is 10.9. The molecule has 0 atom stereocenters. The van der Waals surface area contributed by atoms with E-state index in [9.17, 15) is 9.18 Å². The number of thiazole rings is 1. The summed E-state index contributed by atoms with van der Waals surface area (Å²) in [7, 11) is 0. The van der Waals surface area contributed by atoms with Crippen LogP contribution in [0.5, 0.6) is 0 Å². The molecular weight excluding hydrogens is 263 g/mol. The third kappa shape index (κ3) is 3.61. The highest BCUT2D eigenvalue weighted by Crippen LogP contribution is 2.28. The van der Waals surface area contributed by atoms with E-state index < -0.39 is 0 Å². The first-order chi connectivity index (χ1) is 9.06. The molecule has 5 heteroatoms. The molecule has 0 fully saturated rings. The lowest BCUT2D eigenvalue weighted by molar-refractivity contribution is -0.118. The van der Waals surface area contributed by atoms with E-state index in [1.807, 2.05) is 13.0 Å². The molecule has 0 spiro atoms. The summed E-state index contributed by atoms with van der Waals surface area (Å²) in [5.74, 6) is -0.294. The van der Waals surface area contributed by atoms with Crippen molar-refractivity contribution >= 4 is 17.2 Å².